The minimum absolute atomic E-state index is 0.0101. The van der Waals surface area contributed by atoms with Crippen LogP contribution in [0.25, 0.3) is 10.2 Å². The van der Waals surface area contributed by atoms with Gasteiger partial charge in [0, 0.05) is 13.2 Å². The van der Waals surface area contributed by atoms with Crippen LogP contribution < -0.4 is 5.32 Å². The fourth-order valence-electron chi connectivity index (χ4n) is 3.02. The van der Waals surface area contributed by atoms with E-state index >= 15 is 0 Å². The lowest BCUT2D eigenvalue weighted by Gasteiger charge is -2.17. The summed E-state index contributed by atoms with van der Waals surface area (Å²) in [4.78, 5) is 17.6. The molecule has 0 unspecified atom stereocenters. The van der Waals surface area contributed by atoms with Crippen LogP contribution in [0.3, 0.4) is 0 Å². The highest BCUT2D eigenvalue weighted by molar-refractivity contribution is 8.02. The van der Waals surface area contributed by atoms with Crippen molar-refractivity contribution in [3.05, 3.63) is 60.2 Å². The van der Waals surface area contributed by atoms with E-state index in [1.54, 1.807) is 11.3 Å². The summed E-state index contributed by atoms with van der Waals surface area (Å²) < 4.78 is 7.67. The second-order valence-corrected chi connectivity index (χ2v) is 8.62. The molecular formula is C20H20N2O2S2. The monoisotopic (exact) mass is 384 g/mol. The summed E-state index contributed by atoms with van der Waals surface area (Å²) >= 11 is 3.14. The Morgan fingerprint density at radius 2 is 2.04 bits per heavy atom. The minimum Gasteiger partial charge on any atom is -0.376 e. The van der Waals surface area contributed by atoms with E-state index in [2.05, 4.69) is 16.4 Å². The number of amides is 1. The molecule has 0 radical (unpaired) electrons. The van der Waals surface area contributed by atoms with E-state index in [-0.39, 0.29) is 17.3 Å². The van der Waals surface area contributed by atoms with E-state index in [9.17, 15) is 4.79 Å². The van der Waals surface area contributed by atoms with Crippen molar-refractivity contribution in [1.82, 2.24) is 10.3 Å². The fourth-order valence-corrected chi connectivity index (χ4v) is 5.30. The molecule has 1 saturated heterocycles. The molecule has 0 saturated carbocycles. The van der Waals surface area contributed by atoms with E-state index in [1.165, 1.54) is 11.8 Å². The predicted octanol–water partition coefficient (Wildman–Crippen LogP) is 4.42. The minimum atomic E-state index is -0.321. The zero-order chi connectivity index (χ0) is 17.8. The van der Waals surface area contributed by atoms with Crippen LogP contribution in [0, 0.1) is 0 Å². The Labute approximate surface area is 161 Å². The van der Waals surface area contributed by atoms with Crippen LogP contribution >= 0.6 is 23.1 Å². The Balaban J connectivity index is 1.53. The van der Waals surface area contributed by atoms with Crippen molar-refractivity contribution in [2.45, 2.75) is 28.5 Å². The van der Waals surface area contributed by atoms with Gasteiger partial charge in [0.1, 0.15) is 5.25 Å². The first-order valence-corrected chi connectivity index (χ1v) is 10.5. The van der Waals surface area contributed by atoms with Crippen LogP contribution in [0.15, 0.2) is 58.9 Å². The van der Waals surface area contributed by atoms with Gasteiger partial charge in [-0.1, -0.05) is 54.2 Å². The predicted molar refractivity (Wildman–Crippen MR) is 107 cm³/mol. The van der Waals surface area contributed by atoms with Gasteiger partial charge in [-0.2, -0.15) is 0 Å². The molecule has 0 bridgehead atoms. The second-order valence-electron chi connectivity index (χ2n) is 6.24. The van der Waals surface area contributed by atoms with Gasteiger partial charge < -0.3 is 10.1 Å². The van der Waals surface area contributed by atoms with Crippen molar-refractivity contribution in [3.8, 4) is 0 Å². The maximum absolute atomic E-state index is 12.9. The number of carbonyl (C=O) groups excluding carboxylic acids is 1. The summed E-state index contributed by atoms with van der Waals surface area (Å²) in [6.07, 6.45) is 2.23. The summed E-state index contributed by atoms with van der Waals surface area (Å²) in [7, 11) is 0. The molecule has 1 aliphatic rings. The molecule has 134 valence electrons. The maximum Gasteiger partial charge on any atom is 0.238 e. The first kappa shape index (κ1) is 17.5. The number of hydrogen-bond acceptors (Lipinski definition) is 5. The first-order chi connectivity index (χ1) is 12.8. The standard InChI is InChI=1S/C20H20N2O2S2/c23-19(21-13-15-9-6-12-24-15)18(14-7-2-1-3-8-14)26-20-22-16-10-4-5-11-17(16)25-20/h1-5,7-8,10-11,15,18H,6,9,12-13H2,(H,21,23)/t15-,18-/m0/s1. The molecule has 0 spiro atoms. The van der Waals surface area contributed by atoms with E-state index < -0.39 is 0 Å². The van der Waals surface area contributed by atoms with E-state index in [1.807, 2.05) is 48.5 Å². The van der Waals surface area contributed by atoms with Gasteiger partial charge in [-0.15, -0.1) is 11.3 Å². The highest BCUT2D eigenvalue weighted by Gasteiger charge is 2.25. The van der Waals surface area contributed by atoms with E-state index in [0.29, 0.717) is 6.54 Å². The molecule has 0 aliphatic carbocycles. The number of nitrogens with zero attached hydrogens (tertiary/aromatic N) is 1. The molecule has 4 nitrogen and oxygen atoms in total. The Morgan fingerprint density at radius 3 is 2.81 bits per heavy atom. The summed E-state index contributed by atoms with van der Waals surface area (Å²) in [5, 5.41) is 2.75. The lowest BCUT2D eigenvalue weighted by molar-refractivity contribution is -0.121. The smallest absolute Gasteiger partial charge is 0.238 e. The van der Waals surface area contributed by atoms with Gasteiger partial charge >= 0.3 is 0 Å². The topological polar surface area (TPSA) is 51.2 Å². The van der Waals surface area contributed by atoms with Gasteiger partial charge in [0.25, 0.3) is 0 Å². The fraction of sp³-hybridized carbons (Fsp3) is 0.300. The van der Waals surface area contributed by atoms with E-state index in [4.69, 9.17) is 4.74 Å². The van der Waals surface area contributed by atoms with Gasteiger partial charge in [0.05, 0.1) is 16.3 Å². The molecule has 2 heterocycles. The zero-order valence-electron chi connectivity index (χ0n) is 14.3. The highest BCUT2D eigenvalue weighted by Crippen LogP contribution is 2.39. The van der Waals surface area contributed by atoms with Gasteiger partial charge in [-0.25, -0.2) is 4.98 Å². The van der Waals surface area contributed by atoms with Crippen molar-refractivity contribution in [2.24, 2.45) is 0 Å². The number of rotatable bonds is 6. The number of aromatic nitrogens is 1. The lowest BCUT2D eigenvalue weighted by atomic mass is 10.1. The van der Waals surface area contributed by atoms with Crippen LogP contribution in [-0.2, 0) is 9.53 Å². The molecule has 1 fully saturated rings. The van der Waals surface area contributed by atoms with Gasteiger partial charge in [-0.3, -0.25) is 4.79 Å². The summed E-state index contributed by atoms with van der Waals surface area (Å²) in [5.74, 6) is 0.0101. The summed E-state index contributed by atoms with van der Waals surface area (Å²) in [6.45, 7) is 1.37. The van der Waals surface area contributed by atoms with E-state index in [0.717, 1.165) is 39.6 Å². The summed E-state index contributed by atoms with van der Waals surface area (Å²) in [5.41, 5.74) is 1.97. The van der Waals surface area contributed by atoms with Crippen LogP contribution in [0.2, 0.25) is 0 Å². The van der Waals surface area contributed by atoms with Crippen molar-refractivity contribution in [1.29, 1.82) is 0 Å². The average Bonchev–Trinajstić information content (AvgIpc) is 3.34. The number of benzene rings is 2. The lowest BCUT2D eigenvalue weighted by Crippen LogP contribution is -2.34. The third-order valence-electron chi connectivity index (χ3n) is 4.36. The number of para-hydroxylation sites is 1. The molecule has 6 heteroatoms. The molecule has 26 heavy (non-hydrogen) atoms. The van der Waals surface area contributed by atoms with Gasteiger partial charge in [0.2, 0.25) is 5.91 Å². The van der Waals surface area contributed by atoms with Crippen LogP contribution in [0.1, 0.15) is 23.7 Å². The van der Waals surface area contributed by atoms with Crippen LogP contribution in [0.4, 0.5) is 0 Å². The number of nitrogens with one attached hydrogen (secondary N) is 1. The number of fused-ring (bicyclic) bond motifs is 1. The zero-order valence-corrected chi connectivity index (χ0v) is 15.9. The highest BCUT2D eigenvalue weighted by atomic mass is 32.2. The van der Waals surface area contributed by atoms with Crippen molar-refractivity contribution < 1.29 is 9.53 Å². The number of ether oxygens (including phenoxy) is 1. The second kappa shape index (κ2) is 8.20. The number of thiazole rings is 1. The van der Waals surface area contributed by atoms with Crippen molar-refractivity contribution in [2.75, 3.05) is 13.2 Å². The number of carbonyl (C=O) groups is 1. The summed E-state index contributed by atoms with van der Waals surface area (Å²) in [6, 6.07) is 18.0. The molecule has 1 aromatic heterocycles. The van der Waals surface area contributed by atoms with Gasteiger partial charge in [-0.05, 0) is 30.5 Å². The van der Waals surface area contributed by atoms with Crippen LogP contribution in [-0.4, -0.2) is 30.1 Å². The normalized spacial score (nSPS) is 18.1. The molecule has 1 aliphatic heterocycles. The van der Waals surface area contributed by atoms with Gasteiger partial charge in [0.15, 0.2) is 4.34 Å². The number of thioether (sulfide) groups is 1. The Hall–Kier alpha value is -1.89. The quantitative estimate of drug-likeness (QED) is 0.639. The molecule has 4 rings (SSSR count). The molecule has 3 aromatic rings. The SMILES string of the molecule is O=C(NC[C@@H]1CCCO1)[C@@H](Sc1nc2ccccc2s1)c1ccccc1. The molecule has 2 atom stereocenters. The maximum atomic E-state index is 12.9. The number of hydrogen-bond donors (Lipinski definition) is 1. The Bertz CT molecular complexity index is 843. The van der Waals surface area contributed by atoms with Crippen molar-refractivity contribution in [3.63, 3.8) is 0 Å². The Morgan fingerprint density at radius 1 is 1.23 bits per heavy atom. The van der Waals surface area contributed by atoms with Crippen LogP contribution in [0.5, 0.6) is 0 Å². The Kier molecular flexibility index (Phi) is 5.53. The average molecular weight is 385 g/mol. The third kappa shape index (κ3) is 4.09. The third-order valence-corrected chi connectivity index (χ3v) is 6.75. The largest absolute Gasteiger partial charge is 0.376 e. The first-order valence-electron chi connectivity index (χ1n) is 8.76. The molecule has 1 N–H and O–H groups in total. The molecular weight excluding hydrogens is 364 g/mol. The molecule has 2 aromatic carbocycles. The van der Waals surface area contributed by atoms with Crippen molar-refractivity contribution >= 4 is 39.2 Å². The molecule has 1 amide bonds.